The van der Waals surface area contributed by atoms with Crippen LogP contribution in [0.4, 0.5) is 5.69 Å². The van der Waals surface area contributed by atoms with Gasteiger partial charge in [0.25, 0.3) is 5.91 Å². The number of hydrogen-bond donors (Lipinski definition) is 3. The number of anilines is 1. The van der Waals surface area contributed by atoms with Crippen molar-refractivity contribution in [2.45, 2.75) is 51.1 Å². The van der Waals surface area contributed by atoms with Crippen LogP contribution in [0.5, 0.6) is 11.5 Å². The van der Waals surface area contributed by atoms with Crippen molar-refractivity contribution in [1.29, 1.82) is 0 Å². The van der Waals surface area contributed by atoms with Gasteiger partial charge >= 0.3 is 0 Å². The summed E-state index contributed by atoms with van der Waals surface area (Å²) in [7, 11) is 0. The predicted molar refractivity (Wildman–Crippen MR) is 104 cm³/mol. The molecule has 3 N–H and O–H groups in total. The first-order chi connectivity index (χ1) is 13.2. The molecule has 0 bridgehead atoms. The average molecular weight is 376 g/mol. The van der Waals surface area contributed by atoms with Crippen LogP contribution in [0.2, 0.25) is 0 Å². The fraction of sp³-hybridized carbons (Fsp3) is 0.667. The van der Waals surface area contributed by atoms with Gasteiger partial charge in [-0.3, -0.25) is 4.79 Å². The Morgan fingerprint density at radius 1 is 1.04 bits per heavy atom. The number of quaternary nitrogens is 2. The van der Waals surface area contributed by atoms with Crippen LogP contribution in [0.15, 0.2) is 18.2 Å². The third-order valence-corrected chi connectivity index (χ3v) is 6.53. The number of piperazine rings is 1. The molecule has 0 aromatic heterocycles. The molecule has 1 atom stereocenters. The highest BCUT2D eigenvalue weighted by atomic mass is 16.6. The van der Waals surface area contributed by atoms with E-state index in [0.29, 0.717) is 19.0 Å². The highest BCUT2D eigenvalue weighted by Gasteiger charge is 2.34. The maximum absolute atomic E-state index is 12.8. The zero-order valence-electron chi connectivity index (χ0n) is 16.4. The molecule has 1 aliphatic carbocycles. The molecule has 6 heteroatoms. The zero-order chi connectivity index (χ0) is 18.6. The van der Waals surface area contributed by atoms with Crippen LogP contribution in [0.25, 0.3) is 0 Å². The summed E-state index contributed by atoms with van der Waals surface area (Å²) < 4.78 is 11.1. The Kier molecular flexibility index (Phi) is 5.83. The van der Waals surface area contributed by atoms with Crippen molar-refractivity contribution in [3.63, 3.8) is 0 Å². The van der Waals surface area contributed by atoms with Gasteiger partial charge in [-0.25, -0.2) is 0 Å². The van der Waals surface area contributed by atoms with E-state index in [0.717, 1.165) is 30.6 Å². The summed E-state index contributed by atoms with van der Waals surface area (Å²) in [4.78, 5) is 15.9. The Hall–Kier alpha value is -1.79. The summed E-state index contributed by atoms with van der Waals surface area (Å²) in [6.07, 6.45) is 7.01. The van der Waals surface area contributed by atoms with Crippen LogP contribution >= 0.6 is 0 Å². The molecule has 1 saturated carbocycles. The van der Waals surface area contributed by atoms with Crippen molar-refractivity contribution in [1.82, 2.24) is 0 Å². The number of rotatable bonds is 4. The molecule has 0 spiro atoms. The van der Waals surface area contributed by atoms with E-state index in [1.54, 1.807) is 4.90 Å². The minimum Gasteiger partial charge on any atom is -0.486 e. The number of fused-ring (bicyclic) bond motifs is 1. The third-order valence-electron chi connectivity index (χ3n) is 6.53. The summed E-state index contributed by atoms with van der Waals surface area (Å²) in [5.41, 5.74) is 0.780. The number of carbonyl (C=O) groups excluding carboxylic acids is 1. The van der Waals surface area contributed by atoms with Gasteiger partial charge in [-0.05, 0) is 44.7 Å². The largest absolute Gasteiger partial charge is 0.486 e. The lowest BCUT2D eigenvalue weighted by Gasteiger charge is -2.37. The summed E-state index contributed by atoms with van der Waals surface area (Å²) in [6, 6.07) is 6.44. The molecule has 6 nitrogen and oxygen atoms in total. The molecule has 1 saturated heterocycles. The van der Waals surface area contributed by atoms with E-state index in [1.807, 2.05) is 25.1 Å². The number of amides is 1. The average Bonchev–Trinajstić information content (AvgIpc) is 2.74. The molecule has 2 heterocycles. The number of benzene rings is 1. The fourth-order valence-electron chi connectivity index (χ4n) is 4.80. The van der Waals surface area contributed by atoms with E-state index in [2.05, 4.69) is 5.32 Å². The standard InChI is InChI=1S/C21H31N3O3/c1-16(23-9-11-24(12-10-23)18-5-3-2-4-6-18)21(25)22-17-7-8-19-20(15-17)27-14-13-26-19/h7-8,15-16,18H,2-6,9-14H2,1H3,(H,22,25)/p+2/t16-/m1/s1. The fourth-order valence-corrected chi connectivity index (χ4v) is 4.80. The van der Waals surface area contributed by atoms with Crippen LogP contribution < -0.4 is 24.6 Å². The Morgan fingerprint density at radius 3 is 2.48 bits per heavy atom. The molecule has 148 valence electrons. The first-order valence-electron chi connectivity index (χ1n) is 10.6. The Bertz CT molecular complexity index is 652. The Morgan fingerprint density at radius 2 is 1.74 bits per heavy atom. The van der Waals surface area contributed by atoms with Crippen molar-refractivity contribution >= 4 is 11.6 Å². The normalized spacial score (nSPS) is 27.0. The Balaban J connectivity index is 1.29. The highest BCUT2D eigenvalue weighted by molar-refractivity contribution is 5.93. The van der Waals surface area contributed by atoms with E-state index < -0.39 is 0 Å². The number of ether oxygens (including phenoxy) is 2. The molecule has 3 aliphatic rings. The second-order valence-electron chi connectivity index (χ2n) is 8.22. The van der Waals surface area contributed by atoms with Crippen molar-refractivity contribution in [3.05, 3.63) is 18.2 Å². The molecule has 2 aliphatic heterocycles. The van der Waals surface area contributed by atoms with E-state index in [1.165, 1.54) is 50.1 Å². The van der Waals surface area contributed by atoms with E-state index in [9.17, 15) is 4.79 Å². The maximum atomic E-state index is 12.8. The van der Waals surface area contributed by atoms with Crippen LogP contribution in [-0.2, 0) is 4.79 Å². The lowest BCUT2D eigenvalue weighted by Crippen LogP contribution is -3.31. The van der Waals surface area contributed by atoms with Crippen LogP contribution in [0.1, 0.15) is 39.0 Å². The SMILES string of the molecule is C[C@H](C(=O)Nc1ccc2c(c1)OCCO2)[NH+]1CC[NH+](C2CCCCC2)CC1. The number of hydrogen-bond acceptors (Lipinski definition) is 3. The smallest absolute Gasteiger partial charge is 0.282 e. The summed E-state index contributed by atoms with van der Waals surface area (Å²) in [5.74, 6) is 1.55. The third kappa shape index (κ3) is 4.38. The molecule has 0 radical (unpaired) electrons. The number of carbonyl (C=O) groups is 1. The molecule has 4 rings (SSSR count). The highest BCUT2D eigenvalue weighted by Crippen LogP contribution is 2.32. The van der Waals surface area contributed by atoms with Gasteiger partial charge in [0.2, 0.25) is 0 Å². The van der Waals surface area contributed by atoms with E-state index in [4.69, 9.17) is 9.47 Å². The molecule has 2 fully saturated rings. The van der Waals surface area contributed by atoms with Crippen LogP contribution in [0, 0.1) is 0 Å². The zero-order valence-corrected chi connectivity index (χ0v) is 16.4. The first-order valence-corrected chi connectivity index (χ1v) is 10.6. The Labute approximate surface area is 161 Å². The molecular weight excluding hydrogens is 342 g/mol. The van der Waals surface area contributed by atoms with E-state index >= 15 is 0 Å². The molecule has 1 aromatic carbocycles. The monoisotopic (exact) mass is 375 g/mol. The quantitative estimate of drug-likeness (QED) is 0.689. The van der Waals surface area contributed by atoms with Crippen molar-refractivity contribution < 1.29 is 24.1 Å². The van der Waals surface area contributed by atoms with Gasteiger partial charge in [-0.1, -0.05) is 6.42 Å². The van der Waals surface area contributed by atoms with E-state index in [-0.39, 0.29) is 11.9 Å². The minimum atomic E-state index is -0.0360. The van der Waals surface area contributed by atoms with Crippen LogP contribution in [0.3, 0.4) is 0 Å². The molecule has 27 heavy (non-hydrogen) atoms. The van der Waals surface area contributed by atoms with Gasteiger partial charge in [0.15, 0.2) is 17.5 Å². The maximum Gasteiger partial charge on any atom is 0.282 e. The lowest BCUT2D eigenvalue weighted by molar-refractivity contribution is -1.03. The van der Waals surface area contributed by atoms with Crippen molar-refractivity contribution in [2.75, 3.05) is 44.7 Å². The minimum absolute atomic E-state index is 0.0360. The van der Waals surface area contributed by atoms with Gasteiger partial charge in [-0.2, -0.15) is 0 Å². The first kappa shape index (κ1) is 18.6. The number of nitrogens with one attached hydrogen (secondary N) is 3. The summed E-state index contributed by atoms with van der Waals surface area (Å²) in [5, 5.41) is 3.06. The van der Waals surface area contributed by atoms with Crippen LogP contribution in [-0.4, -0.2) is 57.4 Å². The molecular formula is C21H33N3O3+2. The second-order valence-corrected chi connectivity index (χ2v) is 8.22. The van der Waals surface area contributed by atoms with Gasteiger partial charge in [-0.15, -0.1) is 0 Å². The summed E-state index contributed by atoms with van der Waals surface area (Å²) >= 11 is 0. The van der Waals surface area contributed by atoms with Gasteiger partial charge < -0.3 is 24.6 Å². The molecule has 1 amide bonds. The van der Waals surface area contributed by atoms with Crippen molar-refractivity contribution in [2.24, 2.45) is 0 Å². The van der Waals surface area contributed by atoms with Crippen molar-refractivity contribution in [3.8, 4) is 11.5 Å². The topological polar surface area (TPSA) is 56.4 Å². The van der Waals surface area contributed by atoms with Gasteiger partial charge in [0.05, 0.1) is 6.04 Å². The summed E-state index contributed by atoms with van der Waals surface area (Å²) in [6.45, 7) is 7.74. The molecule has 1 aromatic rings. The lowest BCUT2D eigenvalue weighted by atomic mass is 9.94. The molecule has 0 unspecified atom stereocenters. The predicted octanol–water partition coefficient (Wildman–Crippen LogP) is -0.0991. The second kappa shape index (κ2) is 8.48. The van der Waals surface area contributed by atoms with Gasteiger partial charge in [0.1, 0.15) is 39.4 Å². The van der Waals surface area contributed by atoms with Gasteiger partial charge in [0, 0.05) is 11.8 Å².